The van der Waals surface area contributed by atoms with E-state index in [9.17, 15) is 4.79 Å². The van der Waals surface area contributed by atoms with Crippen molar-refractivity contribution >= 4 is 17.2 Å². The Labute approximate surface area is 198 Å². The number of carbonyl (C=O) groups excluding carboxylic acids is 1. The van der Waals surface area contributed by atoms with Crippen LogP contribution in [0.2, 0.25) is 0 Å². The van der Waals surface area contributed by atoms with Crippen molar-refractivity contribution in [1.29, 1.82) is 0 Å². The molecule has 0 bridgehead atoms. The van der Waals surface area contributed by atoms with Crippen LogP contribution in [0, 0.1) is 46.8 Å². The van der Waals surface area contributed by atoms with Crippen LogP contribution in [-0.4, -0.2) is 31.0 Å². The van der Waals surface area contributed by atoms with Crippen molar-refractivity contribution in [3.63, 3.8) is 0 Å². The number of nitrogen functional groups attached to an aromatic ring is 1. The van der Waals surface area contributed by atoms with Crippen LogP contribution in [0.3, 0.4) is 0 Å². The molecule has 8 atom stereocenters. The predicted molar refractivity (Wildman–Crippen MR) is 131 cm³/mol. The molecule has 4 aliphatic carbocycles. The smallest absolute Gasteiger partial charge is 0.157 e. The van der Waals surface area contributed by atoms with E-state index in [2.05, 4.69) is 11.9 Å². The maximum Gasteiger partial charge on any atom is 0.157 e. The van der Waals surface area contributed by atoms with Crippen LogP contribution < -0.4 is 16.6 Å². The van der Waals surface area contributed by atoms with Crippen LogP contribution >= 0.6 is 0 Å². The fourth-order valence-electron chi connectivity index (χ4n) is 8.89. The average Bonchev–Trinajstić information content (AvgIpc) is 3.16. The standard InChI is InChI=1S/C27H42N4O2/c1-27-11-9-20-19-5-3-17(16-33-2)13-18(19)4-6-21(20)22(27)7-8-23(27)26(32)15-31(29)25-10-12-30-14-24(25)28/h10,12,14,17-23H,3-9,11,13,15-16,28-29H2,1-2H3/t17?,18-,19+,20?,21?,22?,23?,27?/m1/s1. The van der Waals surface area contributed by atoms with E-state index >= 15 is 0 Å². The van der Waals surface area contributed by atoms with E-state index in [4.69, 9.17) is 16.3 Å². The number of rotatable bonds is 6. The van der Waals surface area contributed by atoms with Gasteiger partial charge in [0, 0.05) is 25.8 Å². The molecule has 0 spiro atoms. The lowest BCUT2D eigenvalue weighted by molar-refractivity contribution is -0.129. The molecule has 1 aromatic heterocycles. The van der Waals surface area contributed by atoms with Crippen LogP contribution in [0.4, 0.5) is 11.4 Å². The molecule has 4 aliphatic rings. The summed E-state index contributed by atoms with van der Waals surface area (Å²) < 4.78 is 5.48. The quantitative estimate of drug-likeness (QED) is 0.487. The number of ketones is 1. The van der Waals surface area contributed by atoms with Crippen molar-refractivity contribution in [1.82, 2.24) is 4.98 Å². The van der Waals surface area contributed by atoms with Crippen molar-refractivity contribution in [2.24, 2.45) is 52.7 Å². The summed E-state index contributed by atoms with van der Waals surface area (Å²) in [7, 11) is 1.85. The Kier molecular flexibility index (Phi) is 6.43. The molecule has 1 heterocycles. The molecule has 6 heteroatoms. The van der Waals surface area contributed by atoms with Crippen molar-refractivity contribution in [2.45, 2.75) is 64.7 Å². The normalized spacial score (nSPS) is 39.9. The molecule has 6 nitrogen and oxygen atoms in total. The summed E-state index contributed by atoms with van der Waals surface area (Å²) in [6, 6.07) is 1.78. The van der Waals surface area contributed by atoms with Gasteiger partial charge in [0.2, 0.25) is 0 Å². The second-order valence-corrected chi connectivity index (χ2v) is 11.8. The third kappa shape index (κ3) is 4.07. The number of Topliss-reactive ketones (excluding diaryl/α,β-unsaturated/α-hetero) is 1. The number of pyridine rings is 1. The molecular formula is C27H42N4O2. The van der Waals surface area contributed by atoms with Crippen LogP contribution in [0.1, 0.15) is 64.7 Å². The minimum absolute atomic E-state index is 0.118. The highest BCUT2D eigenvalue weighted by molar-refractivity contribution is 5.87. The van der Waals surface area contributed by atoms with E-state index in [-0.39, 0.29) is 23.7 Å². The highest BCUT2D eigenvalue weighted by Crippen LogP contribution is 2.64. The third-order valence-electron chi connectivity index (χ3n) is 10.3. The van der Waals surface area contributed by atoms with Gasteiger partial charge in [-0.1, -0.05) is 6.92 Å². The highest BCUT2D eigenvalue weighted by Gasteiger charge is 2.58. The maximum atomic E-state index is 13.5. The monoisotopic (exact) mass is 454 g/mol. The first-order valence-corrected chi connectivity index (χ1v) is 13.2. The van der Waals surface area contributed by atoms with E-state index in [0.717, 1.165) is 42.6 Å². The van der Waals surface area contributed by atoms with Crippen molar-refractivity contribution in [3.05, 3.63) is 18.5 Å². The van der Waals surface area contributed by atoms with E-state index in [0.29, 0.717) is 17.3 Å². The van der Waals surface area contributed by atoms with Gasteiger partial charge in [-0.15, -0.1) is 0 Å². The van der Waals surface area contributed by atoms with E-state index in [1.54, 1.807) is 18.5 Å². The number of anilines is 2. The Morgan fingerprint density at radius 2 is 1.97 bits per heavy atom. The molecule has 4 fully saturated rings. The molecule has 6 unspecified atom stereocenters. The lowest BCUT2D eigenvalue weighted by atomic mass is 9.49. The molecule has 0 aromatic carbocycles. The number of methoxy groups -OCH3 is 1. The Hall–Kier alpha value is -1.66. The molecule has 0 radical (unpaired) electrons. The van der Waals surface area contributed by atoms with Crippen LogP contribution in [-0.2, 0) is 9.53 Å². The number of nitrogens with zero attached hydrogens (tertiary/aromatic N) is 2. The lowest BCUT2D eigenvalue weighted by Gasteiger charge is -2.56. The zero-order valence-corrected chi connectivity index (χ0v) is 20.4. The fraction of sp³-hybridized carbons (Fsp3) is 0.778. The van der Waals surface area contributed by atoms with Gasteiger partial charge in [0.15, 0.2) is 5.78 Å². The van der Waals surface area contributed by atoms with E-state index in [1.165, 1.54) is 56.4 Å². The zero-order chi connectivity index (χ0) is 23.2. The molecule has 4 N–H and O–H groups in total. The average molecular weight is 455 g/mol. The van der Waals surface area contributed by atoms with E-state index < -0.39 is 0 Å². The Morgan fingerprint density at radius 3 is 2.76 bits per heavy atom. The minimum atomic E-state index is 0.118. The summed E-state index contributed by atoms with van der Waals surface area (Å²) in [5.41, 5.74) is 7.36. The third-order valence-corrected chi connectivity index (χ3v) is 10.3. The number of hydrogen-bond donors (Lipinski definition) is 2. The summed E-state index contributed by atoms with van der Waals surface area (Å²) >= 11 is 0. The van der Waals surface area contributed by atoms with Crippen molar-refractivity contribution in [3.8, 4) is 0 Å². The van der Waals surface area contributed by atoms with Gasteiger partial charge in [-0.3, -0.25) is 9.78 Å². The summed E-state index contributed by atoms with van der Waals surface area (Å²) in [6.45, 7) is 3.58. The minimum Gasteiger partial charge on any atom is -0.396 e. The zero-order valence-electron chi connectivity index (χ0n) is 20.4. The maximum absolute atomic E-state index is 13.5. The SMILES string of the molecule is COCC1CC[C@@H]2C3CCC4(C)C(C(=O)CN(N)c5ccncc5N)CCC4C3CC[C@@H]2C1. The molecule has 0 saturated heterocycles. The van der Waals surface area contributed by atoms with Crippen LogP contribution in [0.25, 0.3) is 0 Å². The number of hydrogen-bond acceptors (Lipinski definition) is 6. The van der Waals surface area contributed by atoms with Crippen LogP contribution in [0.15, 0.2) is 18.5 Å². The first kappa shape index (κ1) is 23.1. The molecule has 0 aliphatic heterocycles. The van der Waals surface area contributed by atoms with Crippen molar-refractivity contribution in [2.75, 3.05) is 31.0 Å². The molecule has 1 aromatic rings. The number of hydrazine groups is 1. The summed E-state index contributed by atoms with van der Waals surface area (Å²) in [5.74, 6) is 11.6. The number of carbonyl (C=O) groups is 1. The highest BCUT2D eigenvalue weighted by atomic mass is 16.5. The number of ether oxygens (including phenoxy) is 1. The molecule has 4 saturated carbocycles. The lowest BCUT2D eigenvalue weighted by Crippen LogP contribution is -2.50. The first-order valence-electron chi connectivity index (χ1n) is 13.2. The van der Waals surface area contributed by atoms with Gasteiger partial charge in [-0.2, -0.15) is 0 Å². The van der Waals surface area contributed by atoms with Gasteiger partial charge in [-0.05, 0) is 105 Å². The topological polar surface area (TPSA) is 94.5 Å². The van der Waals surface area contributed by atoms with Gasteiger partial charge in [0.05, 0.1) is 24.1 Å². The molecule has 33 heavy (non-hydrogen) atoms. The summed E-state index contributed by atoms with van der Waals surface area (Å²) in [4.78, 5) is 17.5. The van der Waals surface area contributed by atoms with Gasteiger partial charge in [0.25, 0.3) is 0 Å². The Bertz CT molecular complexity index is 862. The van der Waals surface area contributed by atoms with E-state index in [1.807, 2.05) is 7.11 Å². The molecule has 182 valence electrons. The largest absolute Gasteiger partial charge is 0.396 e. The van der Waals surface area contributed by atoms with Crippen molar-refractivity contribution < 1.29 is 9.53 Å². The van der Waals surface area contributed by atoms with Gasteiger partial charge < -0.3 is 15.5 Å². The van der Waals surface area contributed by atoms with Gasteiger partial charge in [0.1, 0.15) is 0 Å². The Morgan fingerprint density at radius 1 is 1.15 bits per heavy atom. The Balaban J connectivity index is 1.26. The van der Waals surface area contributed by atoms with Crippen LogP contribution in [0.5, 0.6) is 0 Å². The second-order valence-electron chi connectivity index (χ2n) is 11.8. The number of nitrogens with two attached hydrogens (primary N) is 2. The molecule has 5 rings (SSSR count). The van der Waals surface area contributed by atoms with Gasteiger partial charge in [-0.25, -0.2) is 5.84 Å². The predicted octanol–water partition coefficient (Wildman–Crippen LogP) is 4.44. The number of fused-ring (bicyclic) bond motifs is 5. The summed E-state index contributed by atoms with van der Waals surface area (Å²) in [5, 5.41) is 1.52. The fourth-order valence-corrected chi connectivity index (χ4v) is 8.89. The molecule has 0 amide bonds. The second kappa shape index (κ2) is 9.18. The first-order chi connectivity index (χ1) is 15.9. The molecular weight excluding hydrogens is 412 g/mol. The number of aromatic nitrogens is 1. The van der Waals surface area contributed by atoms with Gasteiger partial charge >= 0.3 is 0 Å². The summed E-state index contributed by atoms with van der Waals surface area (Å²) in [6.07, 6.45) is 14.8.